The summed E-state index contributed by atoms with van der Waals surface area (Å²) in [4.78, 5) is 1.10. The van der Waals surface area contributed by atoms with Gasteiger partial charge in [-0.05, 0) is 24.8 Å². The minimum absolute atomic E-state index is 0.526. The number of nitrogens with zero attached hydrogens (tertiary/aromatic N) is 1. The molecule has 1 aromatic heterocycles. The van der Waals surface area contributed by atoms with Gasteiger partial charge in [-0.25, -0.2) is 0 Å². The maximum absolute atomic E-state index is 9.13. The Balaban J connectivity index is 3.51. The minimum atomic E-state index is 0.526. The molecule has 0 radical (unpaired) electrons. The summed E-state index contributed by atoms with van der Waals surface area (Å²) < 4.78 is 0.974. The van der Waals surface area contributed by atoms with Crippen LogP contribution >= 0.6 is 11.3 Å². The highest BCUT2D eigenvalue weighted by Gasteiger charge is 2.10. The van der Waals surface area contributed by atoms with Gasteiger partial charge in [-0.3, -0.25) is 0 Å². The average molecular weight is 232 g/mol. The summed E-state index contributed by atoms with van der Waals surface area (Å²) in [5.74, 6) is 0.526. The number of rotatable bonds is 3. The molecule has 16 heavy (non-hydrogen) atoms. The topological polar surface area (TPSA) is 47.6 Å². The molecule has 0 aliphatic heterocycles. The maximum Gasteiger partial charge on any atom is 0.101 e. The molecule has 2 nitrogen and oxygen atoms in total. The van der Waals surface area contributed by atoms with E-state index in [0.29, 0.717) is 11.5 Å². The molecular formula is C13H16N2S. The highest BCUT2D eigenvalue weighted by atomic mass is 32.1. The Kier molecular flexibility index (Phi) is 4.03. The third kappa shape index (κ3) is 2.40. The molecule has 0 saturated heterocycles. The van der Waals surface area contributed by atoms with Crippen LogP contribution < -0.4 is 9.75 Å². The first kappa shape index (κ1) is 12.7. The van der Waals surface area contributed by atoms with Gasteiger partial charge in [0.25, 0.3) is 0 Å². The summed E-state index contributed by atoms with van der Waals surface area (Å²) in [6, 6.07) is 2.23. The monoisotopic (exact) mass is 232 g/mol. The van der Waals surface area contributed by atoms with Crippen molar-refractivity contribution in [3.8, 4) is 6.07 Å². The molecule has 3 heteroatoms. The summed E-state index contributed by atoms with van der Waals surface area (Å²) in [5, 5.41) is 17.2. The van der Waals surface area contributed by atoms with E-state index in [1.165, 1.54) is 6.21 Å². The molecule has 1 rings (SSSR count). The Morgan fingerprint density at radius 1 is 1.62 bits per heavy atom. The molecule has 84 valence electrons. The SMILES string of the molecule is C=c1c(C#N)c(CC(C)C)s/c1=C(\C)C=N. The number of thiophene rings is 1. The standard InChI is InChI=1S/C13H16N2S/c1-8(2)5-12-11(7-15)10(4)13(16-12)9(3)6-14/h6,8,14H,4-5H2,1-3H3/b13-9+,14-6?. The molecule has 0 aromatic carbocycles. The van der Waals surface area contributed by atoms with Crippen LogP contribution in [0.3, 0.4) is 0 Å². The van der Waals surface area contributed by atoms with E-state index in [2.05, 4.69) is 26.5 Å². The van der Waals surface area contributed by atoms with E-state index in [1.807, 2.05) is 6.92 Å². The number of hydrogen-bond acceptors (Lipinski definition) is 3. The van der Waals surface area contributed by atoms with Crippen LogP contribution in [-0.4, -0.2) is 6.21 Å². The number of nitriles is 1. The van der Waals surface area contributed by atoms with E-state index < -0.39 is 0 Å². The van der Waals surface area contributed by atoms with Crippen molar-refractivity contribution in [2.75, 3.05) is 0 Å². The van der Waals surface area contributed by atoms with Crippen LogP contribution in [0, 0.1) is 22.7 Å². The summed E-state index contributed by atoms with van der Waals surface area (Å²) >= 11 is 1.60. The molecule has 0 aliphatic carbocycles. The molecule has 1 aromatic rings. The van der Waals surface area contributed by atoms with Gasteiger partial charge in [0.15, 0.2) is 0 Å². The third-order valence-corrected chi connectivity index (χ3v) is 3.75. The van der Waals surface area contributed by atoms with Gasteiger partial charge in [0.2, 0.25) is 0 Å². The van der Waals surface area contributed by atoms with Gasteiger partial charge < -0.3 is 5.41 Å². The van der Waals surface area contributed by atoms with E-state index in [0.717, 1.165) is 26.6 Å². The fourth-order valence-corrected chi connectivity index (χ4v) is 2.93. The lowest BCUT2D eigenvalue weighted by Crippen LogP contribution is -2.21. The van der Waals surface area contributed by atoms with Gasteiger partial charge in [0.05, 0.1) is 5.56 Å². The quantitative estimate of drug-likeness (QED) is 0.797. The van der Waals surface area contributed by atoms with E-state index in [4.69, 9.17) is 10.7 Å². The predicted octanol–water partition coefficient (Wildman–Crippen LogP) is 2.05. The first-order valence-corrected chi connectivity index (χ1v) is 6.05. The molecule has 1 N–H and O–H groups in total. The van der Waals surface area contributed by atoms with Crippen molar-refractivity contribution in [3.05, 3.63) is 20.2 Å². The molecule has 0 bridgehead atoms. The average Bonchev–Trinajstić information content (AvgIpc) is 2.53. The lowest BCUT2D eigenvalue weighted by molar-refractivity contribution is 0.653. The summed E-state index contributed by atoms with van der Waals surface area (Å²) in [6.07, 6.45) is 2.22. The lowest BCUT2D eigenvalue weighted by atomic mass is 10.1. The molecule has 1 heterocycles. The Morgan fingerprint density at radius 3 is 2.69 bits per heavy atom. The largest absolute Gasteiger partial charge is 0.308 e. The minimum Gasteiger partial charge on any atom is -0.308 e. The Bertz CT molecular complexity index is 544. The highest BCUT2D eigenvalue weighted by Crippen LogP contribution is 2.13. The Hall–Kier alpha value is -1.40. The highest BCUT2D eigenvalue weighted by molar-refractivity contribution is 7.10. The zero-order valence-corrected chi connectivity index (χ0v) is 10.7. The van der Waals surface area contributed by atoms with Crippen LogP contribution in [0.1, 0.15) is 31.2 Å². The van der Waals surface area contributed by atoms with Crippen molar-refractivity contribution in [3.63, 3.8) is 0 Å². The van der Waals surface area contributed by atoms with Crippen molar-refractivity contribution in [1.29, 1.82) is 10.7 Å². The molecule has 0 unspecified atom stereocenters. The van der Waals surface area contributed by atoms with Crippen LogP contribution in [0.5, 0.6) is 0 Å². The van der Waals surface area contributed by atoms with Gasteiger partial charge in [0.1, 0.15) is 6.07 Å². The van der Waals surface area contributed by atoms with Crippen LogP contribution in [0.25, 0.3) is 12.2 Å². The zero-order valence-electron chi connectivity index (χ0n) is 9.92. The van der Waals surface area contributed by atoms with Crippen molar-refractivity contribution in [2.45, 2.75) is 27.2 Å². The molecule has 0 spiro atoms. The number of hydrogen-bond donors (Lipinski definition) is 1. The van der Waals surface area contributed by atoms with Crippen molar-refractivity contribution in [1.82, 2.24) is 0 Å². The second-order valence-electron chi connectivity index (χ2n) is 4.25. The van der Waals surface area contributed by atoms with Crippen molar-refractivity contribution < 1.29 is 0 Å². The fraction of sp³-hybridized carbons (Fsp3) is 0.385. The van der Waals surface area contributed by atoms with Crippen molar-refractivity contribution in [2.24, 2.45) is 5.92 Å². The maximum atomic E-state index is 9.13. The second-order valence-corrected chi connectivity index (χ2v) is 5.35. The van der Waals surface area contributed by atoms with Crippen LogP contribution in [0.15, 0.2) is 0 Å². The zero-order chi connectivity index (χ0) is 12.3. The first-order chi connectivity index (χ1) is 7.51. The molecular weight excluding hydrogens is 216 g/mol. The van der Waals surface area contributed by atoms with E-state index in [1.54, 1.807) is 11.3 Å². The predicted molar refractivity (Wildman–Crippen MR) is 70.2 cm³/mol. The van der Waals surface area contributed by atoms with E-state index >= 15 is 0 Å². The van der Waals surface area contributed by atoms with Crippen LogP contribution in [0.4, 0.5) is 0 Å². The van der Waals surface area contributed by atoms with Gasteiger partial charge in [-0.2, -0.15) is 5.26 Å². The van der Waals surface area contributed by atoms with Gasteiger partial charge >= 0.3 is 0 Å². The second kappa shape index (κ2) is 5.09. The molecule has 0 aliphatic rings. The first-order valence-electron chi connectivity index (χ1n) is 5.23. The van der Waals surface area contributed by atoms with E-state index in [9.17, 15) is 0 Å². The molecule has 0 amide bonds. The fourth-order valence-electron chi connectivity index (χ4n) is 1.55. The summed E-state index contributed by atoms with van der Waals surface area (Å²) in [6.45, 7) is 10.1. The Labute approximate surface area is 100 Å². The van der Waals surface area contributed by atoms with E-state index in [-0.39, 0.29) is 0 Å². The third-order valence-electron chi connectivity index (χ3n) is 2.36. The summed E-state index contributed by atoms with van der Waals surface area (Å²) in [7, 11) is 0. The van der Waals surface area contributed by atoms with Crippen molar-refractivity contribution >= 4 is 29.7 Å². The molecule has 0 saturated carbocycles. The van der Waals surface area contributed by atoms with Crippen LogP contribution in [-0.2, 0) is 6.42 Å². The molecule has 0 atom stereocenters. The summed E-state index contributed by atoms with van der Waals surface area (Å²) in [5.41, 5.74) is 1.58. The number of nitrogens with one attached hydrogen (secondary N) is 1. The normalized spacial score (nSPS) is 12.4. The van der Waals surface area contributed by atoms with Gasteiger partial charge in [-0.15, -0.1) is 11.3 Å². The van der Waals surface area contributed by atoms with Crippen LogP contribution in [0.2, 0.25) is 0 Å². The van der Waals surface area contributed by atoms with Gasteiger partial charge in [0, 0.05) is 20.8 Å². The Morgan fingerprint density at radius 2 is 2.25 bits per heavy atom. The smallest absolute Gasteiger partial charge is 0.101 e. The molecule has 0 fully saturated rings. The lowest BCUT2D eigenvalue weighted by Gasteiger charge is -2.00. The van der Waals surface area contributed by atoms with Gasteiger partial charge in [-0.1, -0.05) is 20.4 Å².